The molecule has 11 heteroatoms. The number of ether oxygens (including phenoxy) is 1. The molecule has 2 rings (SSSR count). The van der Waals surface area contributed by atoms with Crippen molar-refractivity contribution in [3.05, 3.63) is 59.4 Å². The van der Waals surface area contributed by atoms with Gasteiger partial charge in [-0.2, -0.15) is 5.10 Å². The molecule has 2 aromatic rings. The molecule has 0 fully saturated rings. The van der Waals surface area contributed by atoms with Crippen LogP contribution in [-0.2, 0) is 4.79 Å². The molecule has 8 nitrogen and oxygen atoms in total. The van der Waals surface area contributed by atoms with Gasteiger partial charge in [0.25, 0.3) is 5.91 Å². The van der Waals surface area contributed by atoms with Crippen LogP contribution in [0.2, 0.25) is 0 Å². The van der Waals surface area contributed by atoms with Gasteiger partial charge in [0.15, 0.2) is 12.4 Å². The van der Waals surface area contributed by atoms with Gasteiger partial charge in [0, 0.05) is 16.1 Å². The number of rotatable bonds is 6. The van der Waals surface area contributed by atoms with Gasteiger partial charge in [-0.05, 0) is 56.1 Å². The summed E-state index contributed by atoms with van der Waals surface area (Å²) in [5.41, 5.74) is 2.14. The Morgan fingerprint density at radius 1 is 1.27 bits per heavy atom. The van der Waals surface area contributed by atoms with Crippen molar-refractivity contribution in [3.63, 3.8) is 0 Å². The molecule has 2 N–H and O–H groups in total. The lowest BCUT2D eigenvalue weighted by atomic mass is 10.2. The van der Waals surface area contributed by atoms with Crippen molar-refractivity contribution in [3.8, 4) is 11.5 Å². The highest BCUT2D eigenvalue weighted by molar-refractivity contribution is 9.11. The molecule has 136 valence electrons. The van der Waals surface area contributed by atoms with Crippen LogP contribution in [0.1, 0.15) is 5.56 Å². The Morgan fingerprint density at radius 3 is 2.54 bits per heavy atom. The maximum Gasteiger partial charge on any atom is 0.311 e. The highest BCUT2D eigenvalue weighted by atomic mass is 79.9. The first-order chi connectivity index (χ1) is 12.3. The molecule has 0 radical (unpaired) electrons. The number of hydrogen-bond acceptors (Lipinski definition) is 6. The average molecular weight is 552 g/mol. The molecule has 0 heterocycles. The van der Waals surface area contributed by atoms with Crippen molar-refractivity contribution >= 4 is 65.6 Å². The molecule has 0 atom stereocenters. The second-order valence-electron chi connectivity index (χ2n) is 4.79. The van der Waals surface area contributed by atoms with E-state index in [1.165, 1.54) is 18.3 Å². The number of carbonyl (C=O) groups excluding carboxylic acids is 1. The molecule has 0 aromatic heterocycles. The Morgan fingerprint density at radius 2 is 1.92 bits per heavy atom. The molecule has 1 amide bonds. The summed E-state index contributed by atoms with van der Waals surface area (Å²) in [7, 11) is 0. The molecule has 2 aromatic carbocycles. The fourth-order valence-corrected chi connectivity index (χ4v) is 4.27. The molecule has 0 aliphatic rings. The summed E-state index contributed by atoms with van der Waals surface area (Å²) in [6, 6.07) is 7.27. The molecule has 0 spiro atoms. The van der Waals surface area contributed by atoms with Crippen LogP contribution < -0.4 is 10.2 Å². The van der Waals surface area contributed by atoms with E-state index in [0.29, 0.717) is 20.3 Å². The number of halogens is 3. The minimum Gasteiger partial charge on any atom is -0.502 e. The van der Waals surface area contributed by atoms with Gasteiger partial charge in [0.1, 0.15) is 5.75 Å². The van der Waals surface area contributed by atoms with Crippen LogP contribution in [0.5, 0.6) is 11.5 Å². The number of hydrazone groups is 1. The van der Waals surface area contributed by atoms with E-state index < -0.39 is 22.3 Å². The minimum absolute atomic E-state index is 0.286. The predicted molar refractivity (Wildman–Crippen MR) is 106 cm³/mol. The zero-order valence-corrected chi connectivity index (χ0v) is 17.5. The zero-order chi connectivity index (χ0) is 19.3. The quantitative estimate of drug-likeness (QED) is 0.318. The molecule has 0 saturated carbocycles. The summed E-state index contributed by atoms with van der Waals surface area (Å²) in [5, 5.41) is 23.8. The number of nitro groups is 1. The number of phenols is 1. The van der Waals surface area contributed by atoms with Gasteiger partial charge < -0.3 is 9.84 Å². The molecular weight excluding hydrogens is 542 g/mol. The van der Waals surface area contributed by atoms with Crippen molar-refractivity contribution in [2.75, 3.05) is 6.61 Å². The third-order valence-corrected chi connectivity index (χ3v) is 4.55. The number of nitrogens with one attached hydrogen (secondary N) is 1. The van der Waals surface area contributed by atoms with Crippen molar-refractivity contribution in [2.45, 2.75) is 0 Å². The van der Waals surface area contributed by atoms with Crippen LogP contribution in [0.15, 0.2) is 48.9 Å². The largest absolute Gasteiger partial charge is 0.502 e. The number of carbonyl (C=O) groups is 1. The molecule has 0 unspecified atom stereocenters. The van der Waals surface area contributed by atoms with Gasteiger partial charge in [-0.3, -0.25) is 14.9 Å². The first kappa shape index (κ1) is 20.3. The summed E-state index contributed by atoms with van der Waals surface area (Å²) >= 11 is 10.00. The van der Waals surface area contributed by atoms with Crippen molar-refractivity contribution < 1.29 is 19.6 Å². The lowest BCUT2D eigenvalue weighted by Gasteiger charge is -2.09. The van der Waals surface area contributed by atoms with Crippen LogP contribution in [0.3, 0.4) is 0 Å². The standard InChI is InChI=1S/C15H10Br3N3O5/c16-9-4-10(17)15(11(18)5-9)26-7-14(23)20-19-6-8-1-2-13(22)12(3-8)21(24)25/h1-6,22H,7H2,(H,20,23). The lowest BCUT2D eigenvalue weighted by Crippen LogP contribution is -2.24. The van der Waals surface area contributed by atoms with Gasteiger partial charge in [0.05, 0.1) is 20.1 Å². The molecule has 26 heavy (non-hydrogen) atoms. The van der Waals surface area contributed by atoms with E-state index >= 15 is 0 Å². The number of amides is 1. The Bertz CT molecular complexity index is 866. The highest BCUT2D eigenvalue weighted by Crippen LogP contribution is 2.36. The van der Waals surface area contributed by atoms with E-state index in [1.54, 1.807) is 12.1 Å². The number of nitrogens with zero attached hydrogens (tertiary/aromatic N) is 2. The fraction of sp³-hybridized carbons (Fsp3) is 0.0667. The molecule has 0 bridgehead atoms. The maximum absolute atomic E-state index is 11.8. The number of benzene rings is 2. The van der Waals surface area contributed by atoms with Crippen molar-refractivity contribution in [1.29, 1.82) is 0 Å². The summed E-state index contributed by atoms with van der Waals surface area (Å²) in [6.45, 7) is -0.286. The second-order valence-corrected chi connectivity index (χ2v) is 7.41. The van der Waals surface area contributed by atoms with Crippen LogP contribution in [0.25, 0.3) is 0 Å². The van der Waals surface area contributed by atoms with Crippen LogP contribution in [0.4, 0.5) is 5.69 Å². The van der Waals surface area contributed by atoms with Crippen molar-refractivity contribution in [1.82, 2.24) is 5.43 Å². The summed E-state index contributed by atoms with van der Waals surface area (Å²) in [4.78, 5) is 21.8. The first-order valence-electron chi connectivity index (χ1n) is 6.84. The SMILES string of the molecule is O=C(COc1c(Br)cc(Br)cc1Br)NN=Cc1ccc(O)c([N+](=O)[O-])c1. The fourth-order valence-electron chi connectivity index (χ4n) is 1.78. The molecule has 0 aliphatic carbocycles. The van der Waals surface area contributed by atoms with Crippen LogP contribution in [0, 0.1) is 10.1 Å². The normalized spacial score (nSPS) is 10.7. The van der Waals surface area contributed by atoms with Gasteiger partial charge >= 0.3 is 5.69 Å². The smallest absolute Gasteiger partial charge is 0.311 e. The Hall–Kier alpha value is -1.98. The third-order valence-electron chi connectivity index (χ3n) is 2.91. The number of nitro benzene ring substituents is 1. The van der Waals surface area contributed by atoms with E-state index in [0.717, 1.165) is 10.5 Å². The Balaban J connectivity index is 1.94. The Kier molecular flexibility index (Phi) is 7.12. The van der Waals surface area contributed by atoms with E-state index in [2.05, 4.69) is 58.3 Å². The van der Waals surface area contributed by atoms with E-state index in [1.807, 2.05) is 0 Å². The van der Waals surface area contributed by atoms with Crippen molar-refractivity contribution in [2.24, 2.45) is 5.10 Å². The summed E-state index contributed by atoms with van der Waals surface area (Å²) in [6.07, 6.45) is 1.22. The average Bonchev–Trinajstić information content (AvgIpc) is 2.55. The molecular formula is C15H10Br3N3O5. The molecule has 0 saturated heterocycles. The minimum atomic E-state index is -0.715. The van der Waals surface area contributed by atoms with E-state index in [9.17, 15) is 20.0 Å². The van der Waals surface area contributed by atoms with Gasteiger partial charge in [0.2, 0.25) is 0 Å². The maximum atomic E-state index is 11.8. The lowest BCUT2D eigenvalue weighted by molar-refractivity contribution is -0.385. The number of phenolic OH excluding ortho intramolecular Hbond substituents is 1. The topological polar surface area (TPSA) is 114 Å². The van der Waals surface area contributed by atoms with Crippen LogP contribution in [-0.4, -0.2) is 28.8 Å². The monoisotopic (exact) mass is 549 g/mol. The summed E-state index contributed by atoms with van der Waals surface area (Å²) < 4.78 is 7.58. The predicted octanol–water partition coefficient (Wildman–Crippen LogP) is 4.12. The van der Waals surface area contributed by atoms with Crippen LogP contribution >= 0.6 is 47.8 Å². The van der Waals surface area contributed by atoms with E-state index in [4.69, 9.17) is 4.74 Å². The third kappa shape index (κ3) is 5.51. The molecule has 0 aliphatic heterocycles. The number of aromatic hydroxyl groups is 1. The zero-order valence-electron chi connectivity index (χ0n) is 12.8. The number of hydrogen-bond donors (Lipinski definition) is 2. The van der Waals surface area contributed by atoms with E-state index in [-0.39, 0.29) is 6.61 Å². The van der Waals surface area contributed by atoms with Gasteiger partial charge in [-0.1, -0.05) is 15.9 Å². The van der Waals surface area contributed by atoms with Gasteiger partial charge in [-0.15, -0.1) is 0 Å². The summed E-state index contributed by atoms with van der Waals surface area (Å²) in [5.74, 6) is -0.507. The first-order valence-corrected chi connectivity index (χ1v) is 9.22. The Labute approximate surface area is 172 Å². The highest BCUT2D eigenvalue weighted by Gasteiger charge is 2.13. The second kappa shape index (κ2) is 9.10. The van der Waals surface area contributed by atoms with Gasteiger partial charge in [-0.25, -0.2) is 5.43 Å².